The molecule has 0 aliphatic carbocycles. The smallest absolute Gasteiger partial charge is 0.115 e. The molecule has 0 bridgehead atoms. The van der Waals surface area contributed by atoms with Gasteiger partial charge in [0.25, 0.3) is 0 Å². The summed E-state index contributed by atoms with van der Waals surface area (Å²) in [4.78, 5) is 12.5. The number of hydrogen-bond acceptors (Lipinski definition) is 4. The van der Waals surface area contributed by atoms with Crippen LogP contribution in [-0.2, 0) is 6.54 Å². The Hall–Kier alpha value is -2.49. The third-order valence-corrected chi connectivity index (χ3v) is 2.71. The zero-order valence-electron chi connectivity index (χ0n) is 9.74. The van der Waals surface area contributed by atoms with Gasteiger partial charge in [-0.25, -0.2) is 9.97 Å². The first-order valence-corrected chi connectivity index (χ1v) is 5.75. The molecule has 0 unspecified atom stereocenters. The summed E-state index contributed by atoms with van der Waals surface area (Å²) in [6.07, 6.45) is 5.13. The second-order valence-electron chi connectivity index (χ2n) is 3.97. The number of nitrogens with zero attached hydrogens (tertiary/aromatic N) is 3. The van der Waals surface area contributed by atoms with Gasteiger partial charge < -0.3 is 5.32 Å². The largest absolute Gasteiger partial charge is 0.378 e. The SMILES string of the molecule is c1ccc2ncc(NCc3ccncn3)cc2c1. The fourth-order valence-electron chi connectivity index (χ4n) is 1.78. The number of fused-ring (bicyclic) bond motifs is 1. The highest BCUT2D eigenvalue weighted by Crippen LogP contribution is 2.16. The molecule has 0 radical (unpaired) electrons. The molecule has 1 N–H and O–H groups in total. The standard InChI is InChI=1S/C14H12N4/c1-2-4-14-11(3-1)7-13(9-17-14)16-8-12-5-6-15-10-18-12/h1-7,9-10,16H,8H2. The Morgan fingerprint density at radius 3 is 2.89 bits per heavy atom. The predicted octanol–water partition coefficient (Wildman–Crippen LogP) is 2.64. The monoisotopic (exact) mass is 236 g/mol. The van der Waals surface area contributed by atoms with Crippen LogP contribution in [0.2, 0.25) is 0 Å². The van der Waals surface area contributed by atoms with Gasteiger partial charge in [0.1, 0.15) is 6.33 Å². The number of para-hydroxylation sites is 1. The maximum atomic E-state index is 4.40. The average molecular weight is 236 g/mol. The van der Waals surface area contributed by atoms with Crippen LogP contribution in [0, 0.1) is 0 Å². The van der Waals surface area contributed by atoms with E-state index in [2.05, 4.69) is 32.4 Å². The summed E-state index contributed by atoms with van der Waals surface area (Å²) in [6, 6.07) is 12.0. The molecule has 0 aliphatic rings. The summed E-state index contributed by atoms with van der Waals surface area (Å²) in [6.45, 7) is 0.669. The van der Waals surface area contributed by atoms with Crippen molar-refractivity contribution in [1.82, 2.24) is 15.0 Å². The summed E-state index contributed by atoms with van der Waals surface area (Å²) in [5.41, 5.74) is 2.95. The lowest BCUT2D eigenvalue weighted by atomic mass is 10.2. The van der Waals surface area contributed by atoms with E-state index in [1.165, 1.54) is 0 Å². The van der Waals surface area contributed by atoms with E-state index in [1.807, 2.05) is 30.5 Å². The molecule has 4 nitrogen and oxygen atoms in total. The van der Waals surface area contributed by atoms with Crippen molar-refractivity contribution in [3.63, 3.8) is 0 Å². The number of hydrogen-bond donors (Lipinski definition) is 1. The van der Waals surface area contributed by atoms with E-state index in [-0.39, 0.29) is 0 Å². The Morgan fingerprint density at radius 2 is 2.00 bits per heavy atom. The van der Waals surface area contributed by atoms with Gasteiger partial charge in [-0.15, -0.1) is 0 Å². The van der Waals surface area contributed by atoms with Crippen molar-refractivity contribution < 1.29 is 0 Å². The maximum absolute atomic E-state index is 4.40. The Balaban J connectivity index is 1.79. The van der Waals surface area contributed by atoms with Crippen LogP contribution in [-0.4, -0.2) is 15.0 Å². The molecule has 1 aromatic carbocycles. The quantitative estimate of drug-likeness (QED) is 0.759. The fraction of sp³-hybridized carbons (Fsp3) is 0.0714. The van der Waals surface area contributed by atoms with Gasteiger partial charge in [0.2, 0.25) is 0 Å². The minimum Gasteiger partial charge on any atom is -0.378 e. The van der Waals surface area contributed by atoms with Gasteiger partial charge in [-0.05, 0) is 18.2 Å². The molecular formula is C14H12N4. The van der Waals surface area contributed by atoms with Crippen LogP contribution in [0.25, 0.3) is 10.9 Å². The van der Waals surface area contributed by atoms with E-state index in [9.17, 15) is 0 Å². The Labute approximate surface area is 105 Å². The Bertz CT molecular complexity index is 652. The summed E-state index contributed by atoms with van der Waals surface area (Å²) >= 11 is 0. The highest BCUT2D eigenvalue weighted by atomic mass is 14.9. The topological polar surface area (TPSA) is 50.7 Å². The van der Waals surface area contributed by atoms with Crippen LogP contribution in [0.4, 0.5) is 5.69 Å². The highest BCUT2D eigenvalue weighted by molar-refractivity contribution is 5.81. The molecule has 0 amide bonds. The molecule has 0 saturated heterocycles. The number of anilines is 1. The van der Waals surface area contributed by atoms with Crippen LogP contribution in [0.1, 0.15) is 5.69 Å². The molecule has 3 rings (SSSR count). The van der Waals surface area contributed by atoms with Crippen LogP contribution in [0.15, 0.2) is 55.1 Å². The molecule has 0 fully saturated rings. The van der Waals surface area contributed by atoms with Crippen molar-refractivity contribution in [2.75, 3.05) is 5.32 Å². The number of nitrogens with one attached hydrogen (secondary N) is 1. The molecule has 2 aromatic heterocycles. The van der Waals surface area contributed by atoms with Crippen molar-refractivity contribution in [3.05, 3.63) is 60.8 Å². The first kappa shape index (κ1) is 10.7. The summed E-state index contributed by atoms with van der Waals surface area (Å²) in [5, 5.41) is 4.43. The highest BCUT2D eigenvalue weighted by Gasteiger charge is 1.98. The lowest BCUT2D eigenvalue weighted by molar-refractivity contribution is 1.01. The Morgan fingerprint density at radius 1 is 1.06 bits per heavy atom. The first-order chi connectivity index (χ1) is 8.92. The van der Waals surface area contributed by atoms with E-state index in [4.69, 9.17) is 0 Å². The van der Waals surface area contributed by atoms with E-state index >= 15 is 0 Å². The molecule has 0 spiro atoms. The lowest BCUT2D eigenvalue weighted by Gasteiger charge is -2.06. The molecule has 88 valence electrons. The summed E-state index contributed by atoms with van der Waals surface area (Å²) in [7, 11) is 0. The van der Waals surface area contributed by atoms with Gasteiger partial charge in [0.05, 0.1) is 29.6 Å². The average Bonchev–Trinajstić information content (AvgIpc) is 2.46. The fourth-order valence-corrected chi connectivity index (χ4v) is 1.78. The van der Waals surface area contributed by atoms with Gasteiger partial charge in [-0.3, -0.25) is 4.98 Å². The van der Waals surface area contributed by atoms with E-state index in [1.54, 1.807) is 12.5 Å². The molecular weight excluding hydrogens is 224 g/mol. The zero-order chi connectivity index (χ0) is 12.2. The number of pyridine rings is 1. The number of aromatic nitrogens is 3. The molecule has 2 heterocycles. The zero-order valence-corrected chi connectivity index (χ0v) is 9.74. The minimum absolute atomic E-state index is 0.669. The minimum atomic E-state index is 0.669. The molecule has 0 atom stereocenters. The van der Waals surface area contributed by atoms with E-state index in [0.717, 1.165) is 22.3 Å². The summed E-state index contributed by atoms with van der Waals surface area (Å²) in [5.74, 6) is 0. The normalized spacial score (nSPS) is 10.4. The van der Waals surface area contributed by atoms with Gasteiger partial charge in [0, 0.05) is 11.6 Å². The van der Waals surface area contributed by atoms with Crippen LogP contribution >= 0.6 is 0 Å². The lowest BCUT2D eigenvalue weighted by Crippen LogP contribution is -2.01. The second kappa shape index (κ2) is 4.79. The third kappa shape index (κ3) is 2.27. The van der Waals surface area contributed by atoms with Gasteiger partial charge in [-0.2, -0.15) is 0 Å². The van der Waals surface area contributed by atoms with Crippen LogP contribution in [0.5, 0.6) is 0 Å². The predicted molar refractivity (Wildman–Crippen MR) is 71.1 cm³/mol. The van der Waals surface area contributed by atoms with Crippen LogP contribution < -0.4 is 5.32 Å². The first-order valence-electron chi connectivity index (χ1n) is 5.75. The molecule has 0 saturated carbocycles. The number of rotatable bonds is 3. The maximum Gasteiger partial charge on any atom is 0.115 e. The van der Waals surface area contributed by atoms with E-state index in [0.29, 0.717) is 6.54 Å². The Kier molecular flexibility index (Phi) is 2.84. The van der Waals surface area contributed by atoms with Crippen molar-refractivity contribution in [3.8, 4) is 0 Å². The van der Waals surface area contributed by atoms with Gasteiger partial charge in [0.15, 0.2) is 0 Å². The third-order valence-electron chi connectivity index (χ3n) is 2.71. The van der Waals surface area contributed by atoms with E-state index < -0.39 is 0 Å². The second-order valence-corrected chi connectivity index (χ2v) is 3.97. The van der Waals surface area contributed by atoms with Crippen molar-refractivity contribution in [2.24, 2.45) is 0 Å². The molecule has 4 heteroatoms. The molecule has 18 heavy (non-hydrogen) atoms. The van der Waals surface area contributed by atoms with Gasteiger partial charge in [-0.1, -0.05) is 18.2 Å². The van der Waals surface area contributed by atoms with Crippen molar-refractivity contribution >= 4 is 16.6 Å². The molecule has 0 aliphatic heterocycles. The summed E-state index contributed by atoms with van der Waals surface area (Å²) < 4.78 is 0. The van der Waals surface area contributed by atoms with Gasteiger partial charge >= 0.3 is 0 Å². The van der Waals surface area contributed by atoms with Crippen molar-refractivity contribution in [1.29, 1.82) is 0 Å². The van der Waals surface area contributed by atoms with Crippen molar-refractivity contribution in [2.45, 2.75) is 6.54 Å². The number of benzene rings is 1. The molecule has 3 aromatic rings. The van der Waals surface area contributed by atoms with Crippen LogP contribution in [0.3, 0.4) is 0 Å².